The molecule has 1 N–H and O–H groups in total. The SMILES string of the molecule is Cc1[c]cc(-c2ccc(C3CC3)cc2)n1Cc1ccc2[nH]cnc2c1. The lowest BCUT2D eigenvalue weighted by atomic mass is 10.1. The smallest absolute Gasteiger partial charge is 0.0931 e. The van der Waals surface area contributed by atoms with Crippen LogP contribution in [-0.4, -0.2) is 14.5 Å². The van der Waals surface area contributed by atoms with Crippen molar-refractivity contribution in [3.05, 3.63) is 77.7 Å². The highest BCUT2D eigenvalue weighted by atomic mass is 15.0. The van der Waals surface area contributed by atoms with Gasteiger partial charge >= 0.3 is 0 Å². The van der Waals surface area contributed by atoms with E-state index in [1.807, 2.05) is 0 Å². The molecular formula is C22H20N3. The van der Waals surface area contributed by atoms with Crippen LogP contribution in [0.3, 0.4) is 0 Å². The number of hydrogen-bond donors (Lipinski definition) is 1. The van der Waals surface area contributed by atoms with E-state index in [0.717, 1.165) is 29.2 Å². The van der Waals surface area contributed by atoms with Gasteiger partial charge in [0.1, 0.15) is 0 Å². The quantitative estimate of drug-likeness (QED) is 0.558. The predicted octanol–water partition coefficient (Wildman–Crippen LogP) is 5.07. The second-order valence-electron chi connectivity index (χ2n) is 7.00. The molecule has 123 valence electrons. The van der Waals surface area contributed by atoms with Crippen LogP contribution in [0, 0.1) is 13.0 Å². The molecule has 3 nitrogen and oxygen atoms in total. The number of nitrogens with zero attached hydrogens (tertiary/aromatic N) is 2. The molecule has 1 aliphatic rings. The Morgan fingerprint density at radius 1 is 1.16 bits per heavy atom. The Bertz CT molecular complexity index is 1030. The van der Waals surface area contributed by atoms with Crippen LogP contribution in [0.1, 0.15) is 35.6 Å². The van der Waals surface area contributed by atoms with E-state index < -0.39 is 0 Å². The van der Waals surface area contributed by atoms with Gasteiger partial charge in [-0.3, -0.25) is 0 Å². The molecule has 1 aliphatic carbocycles. The van der Waals surface area contributed by atoms with Crippen molar-refractivity contribution in [3.63, 3.8) is 0 Å². The predicted molar refractivity (Wildman–Crippen MR) is 101 cm³/mol. The molecule has 0 atom stereocenters. The van der Waals surface area contributed by atoms with E-state index in [2.05, 4.69) is 76.1 Å². The highest BCUT2D eigenvalue weighted by Gasteiger charge is 2.23. The van der Waals surface area contributed by atoms with Crippen LogP contribution in [0.2, 0.25) is 0 Å². The minimum absolute atomic E-state index is 0.801. The minimum atomic E-state index is 0.801. The Labute approximate surface area is 147 Å². The first-order valence-corrected chi connectivity index (χ1v) is 8.88. The monoisotopic (exact) mass is 326 g/mol. The van der Waals surface area contributed by atoms with E-state index in [0.29, 0.717) is 0 Å². The summed E-state index contributed by atoms with van der Waals surface area (Å²) in [5, 5.41) is 0. The highest BCUT2D eigenvalue weighted by Crippen LogP contribution is 2.40. The van der Waals surface area contributed by atoms with E-state index in [1.165, 1.54) is 35.2 Å². The number of fused-ring (bicyclic) bond motifs is 1. The van der Waals surface area contributed by atoms with Gasteiger partial charge < -0.3 is 9.55 Å². The van der Waals surface area contributed by atoms with Gasteiger partial charge in [-0.15, -0.1) is 0 Å². The number of hydrogen-bond acceptors (Lipinski definition) is 1. The van der Waals surface area contributed by atoms with Gasteiger partial charge in [0.2, 0.25) is 0 Å². The zero-order valence-electron chi connectivity index (χ0n) is 14.3. The molecule has 0 spiro atoms. The molecule has 25 heavy (non-hydrogen) atoms. The Hall–Kier alpha value is -2.81. The van der Waals surface area contributed by atoms with Gasteiger partial charge in [0.25, 0.3) is 0 Å². The number of imidazole rings is 1. The molecule has 0 unspecified atom stereocenters. The maximum absolute atomic E-state index is 4.37. The molecule has 5 rings (SSSR count). The normalized spacial score (nSPS) is 14.3. The molecule has 2 aromatic carbocycles. The summed E-state index contributed by atoms with van der Waals surface area (Å²) in [7, 11) is 0. The second kappa shape index (κ2) is 5.62. The Morgan fingerprint density at radius 2 is 2.00 bits per heavy atom. The lowest BCUT2D eigenvalue weighted by molar-refractivity contribution is 0.784. The van der Waals surface area contributed by atoms with Gasteiger partial charge in [0, 0.05) is 24.0 Å². The van der Waals surface area contributed by atoms with Crippen LogP contribution in [0.25, 0.3) is 22.3 Å². The number of aryl methyl sites for hydroxylation is 1. The summed E-state index contributed by atoms with van der Waals surface area (Å²) >= 11 is 0. The average molecular weight is 326 g/mol. The summed E-state index contributed by atoms with van der Waals surface area (Å²) in [6, 6.07) is 21.0. The molecule has 1 radical (unpaired) electrons. The van der Waals surface area contributed by atoms with Gasteiger partial charge in [-0.2, -0.15) is 0 Å². The van der Waals surface area contributed by atoms with Crippen LogP contribution >= 0.6 is 0 Å². The molecular weight excluding hydrogens is 306 g/mol. The standard InChI is InChI=1S/C22H20N3/c1-15-2-11-22(19-8-6-18(7-9-19)17-4-5-17)25(15)13-16-3-10-20-21(12-16)24-14-23-20/h3,6-12,14,17H,4-5,13H2,1H3,(H,23,24). The number of benzene rings is 2. The maximum Gasteiger partial charge on any atom is 0.0931 e. The van der Waals surface area contributed by atoms with Gasteiger partial charge in [0.15, 0.2) is 0 Å². The average Bonchev–Trinajstić information content (AvgIpc) is 3.28. The molecule has 2 heterocycles. The fourth-order valence-corrected chi connectivity index (χ4v) is 3.55. The fourth-order valence-electron chi connectivity index (χ4n) is 3.55. The summed E-state index contributed by atoms with van der Waals surface area (Å²) < 4.78 is 2.33. The lowest BCUT2D eigenvalue weighted by Crippen LogP contribution is -2.03. The maximum atomic E-state index is 4.37. The molecule has 0 amide bonds. The number of aromatic nitrogens is 3. The molecule has 0 saturated heterocycles. The van der Waals surface area contributed by atoms with Gasteiger partial charge in [-0.25, -0.2) is 4.98 Å². The van der Waals surface area contributed by atoms with Crippen molar-refractivity contribution >= 4 is 11.0 Å². The number of rotatable bonds is 4. The van der Waals surface area contributed by atoms with E-state index in [9.17, 15) is 0 Å². The summed E-state index contributed by atoms with van der Waals surface area (Å²) in [6.07, 6.45) is 4.44. The van der Waals surface area contributed by atoms with E-state index >= 15 is 0 Å². The van der Waals surface area contributed by atoms with Gasteiger partial charge in [-0.05, 0) is 60.6 Å². The van der Waals surface area contributed by atoms with Crippen LogP contribution in [0.15, 0.2) is 54.9 Å². The minimum Gasteiger partial charge on any atom is -0.345 e. The third kappa shape index (κ3) is 2.66. The van der Waals surface area contributed by atoms with E-state index in [-0.39, 0.29) is 0 Å². The van der Waals surface area contributed by atoms with Crippen LogP contribution in [0.5, 0.6) is 0 Å². The first kappa shape index (κ1) is 14.5. The van der Waals surface area contributed by atoms with Gasteiger partial charge in [0.05, 0.1) is 17.4 Å². The molecule has 0 bridgehead atoms. The Morgan fingerprint density at radius 3 is 2.80 bits per heavy atom. The van der Waals surface area contributed by atoms with Crippen molar-refractivity contribution in [2.24, 2.45) is 0 Å². The second-order valence-corrected chi connectivity index (χ2v) is 7.00. The first-order valence-electron chi connectivity index (χ1n) is 8.88. The summed E-state index contributed by atoms with van der Waals surface area (Å²) in [5.41, 5.74) is 8.46. The third-order valence-electron chi connectivity index (χ3n) is 5.20. The van der Waals surface area contributed by atoms with E-state index in [1.54, 1.807) is 6.33 Å². The number of nitrogens with one attached hydrogen (secondary N) is 1. The van der Waals surface area contributed by atoms with Gasteiger partial charge in [-0.1, -0.05) is 30.3 Å². The summed E-state index contributed by atoms with van der Waals surface area (Å²) in [5.74, 6) is 0.801. The fraction of sp³-hybridized carbons (Fsp3) is 0.227. The van der Waals surface area contributed by atoms with Crippen molar-refractivity contribution in [2.75, 3.05) is 0 Å². The molecule has 1 fully saturated rings. The van der Waals surface area contributed by atoms with Crippen molar-refractivity contribution in [2.45, 2.75) is 32.2 Å². The molecule has 3 heteroatoms. The van der Waals surface area contributed by atoms with Crippen LogP contribution in [-0.2, 0) is 6.54 Å². The third-order valence-corrected chi connectivity index (χ3v) is 5.20. The van der Waals surface area contributed by atoms with Crippen molar-refractivity contribution in [1.29, 1.82) is 0 Å². The largest absolute Gasteiger partial charge is 0.345 e. The molecule has 1 saturated carbocycles. The molecule has 0 aliphatic heterocycles. The molecule has 2 aromatic heterocycles. The highest BCUT2D eigenvalue weighted by molar-refractivity contribution is 5.75. The lowest BCUT2D eigenvalue weighted by Gasteiger charge is -2.13. The van der Waals surface area contributed by atoms with Crippen LogP contribution in [0.4, 0.5) is 0 Å². The van der Waals surface area contributed by atoms with Crippen LogP contribution < -0.4 is 0 Å². The number of aromatic amines is 1. The van der Waals surface area contributed by atoms with Crippen molar-refractivity contribution in [1.82, 2.24) is 14.5 Å². The topological polar surface area (TPSA) is 33.6 Å². The van der Waals surface area contributed by atoms with Crippen molar-refractivity contribution in [3.8, 4) is 11.3 Å². The Kier molecular flexibility index (Phi) is 3.27. The first-order chi connectivity index (χ1) is 12.3. The van der Waals surface area contributed by atoms with Crippen molar-refractivity contribution < 1.29 is 0 Å². The zero-order chi connectivity index (χ0) is 16.8. The number of H-pyrrole nitrogens is 1. The Balaban J connectivity index is 1.49. The molecule has 4 aromatic rings. The van der Waals surface area contributed by atoms with E-state index in [4.69, 9.17) is 0 Å². The summed E-state index contributed by atoms with van der Waals surface area (Å²) in [6.45, 7) is 2.95. The zero-order valence-corrected chi connectivity index (χ0v) is 14.3. The summed E-state index contributed by atoms with van der Waals surface area (Å²) in [4.78, 5) is 7.52.